The maximum absolute atomic E-state index is 13.5. The van der Waals surface area contributed by atoms with E-state index in [-0.39, 0.29) is 24.1 Å². The van der Waals surface area contributed by atoms with Gasteiger partial charge in [0.1, 0.15) is 18.6 Å². The van der Waals surface area contributed by atoms with E-state index in [1.54, 1.807) is 0 Å². The fraction of sp³-hybridized carbons (Fsp3) is 0.915. The van der Waals surface area contributed by atoms with Crippen LogP contribution in [0.4, 0.5) is 0 Å². The number of hydrogen-bond acceptors (Lipinski definition) is 10. The molecule has 0 saturated heterocycles. The molecule has 0 aliphatic heterocycles. The minimum absolute atomic E-state index is 0.167. The molecule has 0 rings (SSSR count). The molecule has 0 fully saturated rings. The Kier molecular flexibility index (Phi) is 39.0. The Morgan fingerprint density at radius 3 is 0.965 bits per heavy atom. The average Bonchev–Trinajstić information content (AvgIpc) is 3.20. The Bertz CT molecular complexity index is 957. The van der Waals surface area contributed by atoms with Crippen LogP contribution >= 0.6 is 0 Å². The van der Waals surface area contributed by atoms with Gasteiger partial charge in [-0.2, -0.15) is 0 Å². The summed E-state index contributed by atoms with van der Waals surface area (Å²) in [5, 5.41) is 0. The van der Waals surface area contributed by atoms with Crippen molar-refractivity contribution in [3.8, 4) is 0 Å². The second kappa shape index (κ2) is 40.6. The minimum Gasteiger partial charge on any atom is -0.469 e. The Morgan fingerprint density at radius 1 is 0.351 bits per heavy atom. The van der Waals surface area contributed by atoms with E-state index < -0.39 is 30.6 Å². The molecule has 0 heterocycles. The van der Waals surface area contributed by atoms with Crippen molar-refractivity contribution in [3.05, 3.63) is 0 Å². The van der Waals surface area contributed by atoms with E-state index in [0.717, 1.165) is 122 Å². The molecule has 0 aliphatic rings. The molecule has 0 aliphatic carbocycles. The van der Waals surface area contributed by atoms with E-state index in [0.29, 0.717) is 38.9 Å². The van der Waals surface area contributed by atoms with Crippen molar-refractivity contribution in [2.45, 2.75) is 251 Å². The zero-order valence-electron chi connectivity index (χ0n) is 37.7. The Balaban J connectivity index is 5.65. The Hall–Kier alpha value is -2.20. The molecule has 0 bridgehead atoms. The van der Waals surface area contributed by atoms with Gasteiger partial charge in [-0.15, -0.1) is 0 Å². The second-order valence-electron chi connectivity index (χ2n) is 15.9. The predicted molar refractivity (Wildman–Crippen MR) is 229 cm³/mol. The minimum atomic E-state index is -0.563. The summed E-state index contributed by atoms with van der Waals surface area (Å²) >= 11 is 0. The fourth-order valence-corrected chi connectivity index (χ4v) is 7.22. The van der Waals surface area contributed by atoms with Crippen molar-refractivity contribution < 1.29 is 47.6 Å². The highest BCUT2D eigenvalue weighted by atomic mass is 16.6. The quantitative estimate of drug-likeness (QED) is 0.0255. The lowest BCUT2D eigenvalue weighted by atomic mass is 9.99. The Morgan fingerprint density at radius 2 is 0.649 bits per heavy atom. The molecule has 0 N–H and O–H groups in total. The predicted octanol–water partition coefficient (Wildman–Crippen LogP) is 12.1. The van der Waals surface area contributed by atoms with Gasteiger partial charge < -0.3 is 28.4 Å². The van der Waals surface area contributed by atoms with Gasteiger partial charge >= 0.3 is 23.9 Å². The number of carbonyl (C=O) groups excluding carboxylic acids is 4. The molecule has 0 aromatic heterocycles. The molecule has 0 aromatic carbocycles. The van der Waals surface area contributed by atoms with Gasteiger partial charge in [0.2, 0.25) is 0 Å². The standard InChI is InChI=1S/C47H88O10/c1-7-11-13-15-19-25-31-40(54-37-9-3)43(34-28-22-18-24-30-36-45(49)53-6)57-47(51)39-46(50)56-42(33-27-20-16-14-12-8-2)41(55-38-10-4)32-26-21-17-23-29-35-44(48)52-5/h40-43H,7-39H2,1-6H3. The number of unbranched alkanes of at least 4 members (excludes halogenated alkanes) is 18. The summed E-state index contributed by atoms with van der Waals surface area (Å²) in [4.78, 5) is 50.0. The van der Waals surface area contributed by atoms with Crippen LogP contribution in [-0.4, -0.2) is 75.7 Å². The number of methoxy groups -OCH3 is 2. The van der Waals surface area contributed by atoms with Crippen LogP contribution in [0, 0.1) is 0 Å². The highest BCUT2D eigenvalue weighted by molar-refractivity contribution is 5.91. The van der Waals surface area contributed by atoms with Crippen LogP contribution in [0.3, 0.4) is 0 Å². The summed E-state index contributed by atoms with van der Waals surface area (Å²) in [6, 6.07) is 0. The summed E-state index contributed by atoms with van der Waals surface area (Å²) < 4.78 is 34.5. The second-order valence-corrected chi connectivity index (χ2v) is 15.9. The first-order valence-corrected chi connectivity index (χ1v) is 23.5. The van der Waals surface area contributed by atoms with Crippen molar-refractivity contribution in [1.29, 1.82) is 0 Å². The molecule has 10 heteroatoms. The average molecular weight is 813 g/mol. The highest BCUT2D eigenvalue weighted by Crippen LogP contribution is 2.24. The smallest absolute Gasteiger partial charge is 0.317 e. The van der Waals surface area contributed by atoms with Crippen molar-refractivity contribution in [3.63, 3.8) is 0 Å². The summed E-state index contributed by atoms with van der Waals surface area (Å²) in [5.74, 6) is -1.47. The monoisotopic (exact) mass is 813 g/mol. The van der Waals surface area contributed by atoms with E-state index in [9.17, 15) is 19.2 Å². The zero-order valence-corrected chi connectivity index (χ0v) is 37.7. The Labute approximate surface area is 349 Å². The molecule has 0 radical (unpaired) electrons. The molecule has 10 nitrogen and oxygen atoms in total. The molecule has 4 unspecified atom stereocenters. The van der Waals surface area contributed by atoms with Crippen LogP contribution in [0.2, 0.25) is 0 Å². The molecule has 0 saturated carbocycles. The SMILES string of the molecule is CCCCCCCCC(OCCC)C(CCCCCCCC(=O)OC)OC(=O)CC(=O)OC(CCCCCCCC)C(CCCCCCCC(=O)OC)OCCC. The lowest BCUT2D eigenvalue weighted by molar-refractivity contribution is -0.170. The molecule has 0 spiro atoms. The molecule has 336 valence electrons. The van der Waals surface area contributed by atoms with Gasteiger partial charge in [-0.05, 0) is 64.2 Å². The summed E-state index contributed by atoms with van der Waals surface area (Å²) in [6.07, 6.45) is 26.9. The van der Waals surface area contributed by atoms with Gasteiger partial charge in [0.15, 0.2) is 0 Å². The highest BCUT2D eigenvalue weighted by Gasteiger charge is 2.30. The van der Waals surface area contributed by atoms with Gasteiger partial charge in [0.05, 0.1) is 26.4 Å². The van der Waals surface area contributed by atoms with Gasteiger partial charge in [0.25, 0.3) is 0 Å². The molecule has 57 heavy (non-hydrogen) atoms. The van der Waals surface area contributed by atoms with Crippen molar-refractivity contribution in [1.82, 2.24) is 0 Å². The van der Waals surface area contributed by atoms with Crippen LogP contribution in [0.15, 0.2) is 0 Å². The first-order valence-electron chi connectivity index (χ1n) is 23.5. The van der Waals surface area contributed by atoms with Crippen LogP contribution in [0.5, 0.6) is 0 Å². The first kappa shape index (κ1) is 54.8. The molecular formula is C47H88O10. The van der Waals surface area contributed by atoms with Crippen LogP contribution < -0.4 is 0 Å². The normalized spacial score (nSPS) is 13.4. The van der Waals surface area contributed by atoms with E-state index in [4.69, 9.17) is 28.4 Å². The maximum Gasteiger partial charge on any atom is 0.317 e. The third kappa shape index (κ3) is 33.3. The van der Waals surface area contributed by atoms with Gasteiger partial charge in [-0.1, -0.05) is 143 Å². The number of esters is 4. The van der Waals surface area contributed by atoms with Crippen LogP contribution in [0.25, 0.3) is 0 Å². The maximum atomic E-state index is 13.5. The molecule has 4 atom stereocenters. The molecular weight excluding hydrogens is 725 g/mol. The zero-order chi connectivity index (χ0) is 42.2. The number of ether oxygens (including phenoxy) is 6. The fourth-order valence-electron chi connectivity index (χ4n) is 7.22. The summed E-state index contributed by atoms with van der Waals surface area (Å²) in [6.45, 7) is 9.77. The number of rotatable bonds is 42. The lowest BCUT2D eigenvalue weighted by Gasteiger charge is -2.29. The van der Waals surface area contributed by atoms with Crippen LogP contribution in [-0.2, 0) is 47.6 Å². The van der Waals surface area contributed by atoms with Crippen molar-refractivity contribution in [2.75, 3.05) is 27.4 Å². The first-order chi connectivity index (χ1) is 27.8. The summed E-state index contributed by atoms with van der Waals surface area (Å²) in [5.41, 5.74) is 0. The van der Waals surface area contributed by atoms with Crippen LogP contribution in [0.1, 0.15) is 227 Å². The van der Waals surface area contributed by atoms with E-state index in [2.05, 4.69) is 27.7 Å². The summed E-state index contributed by atoms with van der Waals surface area (Å²) in [7, 11) is 2.84. The largest absolute Gasteiger partial charge is 0.469 e. The van der Waals surface area contributed by atoms with Gasteiger partial charge in [-0.3, -0.25) is 19.2 Å². The third-order valence-corrected chi connectivity index (χ3v) is 10.6. The van der Waals surface area contributed by atoms with E-state index >= 15 is 0 Å². The van der Waals surface area contributed by atoms with Crippen molar-refractivity contribution in [2.24, 2.45) is 0 Å². The van der Waals surface area contributed by atoms with Crippen molar-refractivity contribution >= 4 is 23.9 Å². The van der Waals surface area contributed by atoms with E-state index in [1.807, 2.05) is 0 Å². The van der Waals surface area contributed by atoms with Gasteiger partial charge in [0, 0.05) is 26.1 Å². The number of carbonyl (C=O) groups is 4. The lowest BCUT2D eigenvalue weighted by Crippen LogP contribution is -2.36. The third-order valence-electron chi connectivity index (χ3n) is 10.6. The number of hydrogen-bond donors (Lipinski definition) is 0. The van der Waals surface area contributed by atoms with E-state index in [1.165, 1.54) is 59.2 Å². The topological polar surface area (TPSA) is 124 Å². The van der Waals surface area contributed by atoms with Gasteiger partial charge in [-0.25, -0.2) is 0 Å². The molecule has 0 aromatic rings. The molecule has 0 amide bonds.